The summed E-state index contributed by atoms with van der Waals surface area (Å²) in [6, 6.07) is 0. The first kappa shape index (κ1) is 14.1. The van der Waals surface area contributed by atoms with Crippen LogP contribution in [-0.4, -0.2) is 16.5 Å². The maximum Gasteiger partial charge on any atom is 0.136 e. The lowest BCUT2D eigenvalue weighted by molar-refractivity contribution is 0.274. The van der Waals surface area contributed by atoms with E-state index in [0.717, 1.165) is 23.8 Å². The summed E-state index contributed by atoms with van der Waals surface area (Å²) in [4.78, 5) is 9.04. The second-order valence-corrected chi connectivity index (χ2v) is 6.86. The van der Waals surface area contributed by atoms with E-state index >= 15 is 0 Å². The summed E-state index contributed by atoms with van der Waals surface area (Å²) >= 11 is 0. The van der Waals surface area contributed by atoms with Gasteiger partial charge >= 0.3 is 0 Å². The number of nitrogens with one attached hydrogen (secondary N) is 1. The van der Waals surface area contributed by atoms with Crippen molar-refractivity contribution in [3.8, 4) is 0 Å². The van der Waals surface area contributed by atoms with Crippen LogP contribution in [0.3, 0.4) is 0 Å². The average molecular weight is 262 g/mol. The number of hydrogen-bond acceptors (Lipinski definition) is 4. The van der Waals surface area contributed by atoms with Crippen LogP contribution in [0.5, 0.6) is 0 Å². The predicted molar refractivity (Wildman–Crippen MR) is 80.3 cm³/mol. The van der Waals surface area contributed by atoms with Crippen molar-refractivity contribution in [2.75, 3.05) is 17.6 Å². The highest BCUT2D eigenvalue weighted by Crippen LogP contribution is 2.39. The first-order chi connectivity index (χ1) is 8.79. The first-order valence-electron chi connectivity index (χ1n) is 7.17. The Balaban J connectivity index is 2.11. The summed E-state index contributed by atoms with van der Waals surface area (Å²) in [6.45, 7) is 11.9. The van der Waals surface area contributed by atoms with E-state index in [1.807, 2.05) is 6.92 Å². The van der Waals surface area contributed by atoms with Gasteiger partial charge in [0.25, 0.3) is 0 Å². The lowest BCUT2D eigenvalue weighted by Crippen LogP contribution is -2.25. The molecule has 0 aromatic carbocycles. The zero-order valence-corrected chi connectivity index (χ0v) is 12.7. The van der Waals surface area contributed by atoms with Crippen LogP contribution < -0.4 is 11.1 Å². The molecule has 1 fully saturated rings. The molecule has 1 saturated carbocycles. The molecule has 0 saturated heterocycles. The van der Waals surface area contributed by atoms with E-state index in [4.69, 9.17) is 5.73 Å². The zero-order chi connectivity index (χ0) is 14.2. The van der Waals surface area contributed by atoms with E-state index in [1.165, 1.54) is 12.8 Å². The number of nitrogens with two attached hydrogens (primary N) is 1. The number of aromatic nitrogens is 2. The van der Waals surface area contributed by atoms with Gasteiger partial charge < -0.3 is 11.1 Å². The highest BCUT2D eigenvalue weighted by atomic mass is 15.1. The quantitative estimate of drug-likeness (QED) is 0.873. The average Bonchev–Trinajstić information content (AvgIpc) is 3.13. The normalized spacial score (nSPS) is 17.3. The van der Waals surface area contributed by atoms with Crippen LogP contribution in [0.4, 0.5) is 11.6 Å². The van der Waals surface area contributed by atoms with Crippen LogP contribution >= 0.6 is 0 Å². The number of anilines is 2. The largest absolute Gasteiger partial charge is 0.383 e. The molecule has 106 valence electrons. The highest BCUT2D eigenvalue weighted by Gasteiger charge is 2.28. The molecular weight excluding hydrogens is 236 g/mol. The lowest BCUT2D eigenvalue weighted by atomic mass is 9.82. The second kappa shape index (κ2) is 4.99. The lowest BCUT2D eigenvalue weighted by Gasteiger charge is -2.27. The van der Waals surface area contributed by atoms with Crippen molar-refractivity contribution < 1.29 is 0 Å². The fourth-order valence-electron chi connectivity index (χ4n) is 1.80. The molecule has 0 aliphatic heterocycles. The molecule has 1 aromatic heterocycles. The molecule has 2 rings (SSSR count). The van der Waals surface area contributed by atoms with E-state index in [-0.39, 0.29) is 0 Å². The van der Waals surface area contributed by atoms with Crippen molar-refractivity contribution >= 4 is 11.6 Å². The Morgan fingerprint density at radius 2 is 1.95 bits per heavy atom. The van der Waals surface area contributed by atoms with Gasteiger partial charge in [0, 0.05) is 18.0 Å². The Hall–Kier alpha value is -1.32. The van der Waals surface area contributed by atoms with E-state index in [0.29, 0.717) is 23.1 Å². The fraction of sp³-hybridized carbons (Fsp3) is 0.733. The topological polar surface area (TPSA) is 63.8 Å². The standard InChI is InChI=1S/C15H26N4/c1-9(15(3,4)5)8-17-13-10(2)12(16)18-14(19-13)11-6-7-11/h9,11H,6-8H2,1-5H3,(H3,16,17,18,19). The molecule has 1 atom stereocenters. The van der Waals surface area contributed by atoms with Gasteiger partial charge in [-0.15, -0.1) is 0 Å². The minimum Gasteiger partial charge on any atom is -0.383 e. The van der Waals surface area contributed by atoms with E-state index in [9.17, 15) is 0 Å². The minimum absolute atomic E-state index is 0.290. The maximum absolute atomic E-state index is 5.99. The van der Waals surface area contributed by atoms with Gasteiger partial charge in [-0.05, 0) is 31.1 Å². The van der Waals surface area contributed by atoms with Gasteiger partial charge in [-0.2, -0.15) is 0 Å². The van der Waals surface area contributed by atoms with Crippen molar-refractivity contribution in [2.24, 2.45) is 11.3 Å². The van der Waals surface area contributed by atoms with E-state index < -0.39 is 0 Å². The van der Waals surface area contributed by atoms with Crippen LogP contribution in [0.25, 0.3) is 0 Å². The van der Waals surface area contributed by atoms with Crippen molar-refractivity contribution in [1.29, 1.82) is 0 Å². The van der Waals surface area contributed by atoms with Crippen molar-refractivity contribution in [1.82, 2.24) is 9.97 Å². The Bertz CT molecular complexity index is 458. The third-order valence-corrected chi connectivity index (χ3v) is 4.20. The van der Waals surface area contributed by atoms with Crippen LogP contribution in [0.1, 0.15) is 57.8 Å². The number of hydrogen-bond donors (Lipinski definition) is 2. The molecule has 1 aromatic rings. The number of nitrogens with zero attached hydrogens (tertiary/aromatic N) is 2. The first-order valence-corrected chi connectivity index (χ1v) is 7.17. The summed E-state index contributed by atoms with van der Waals surface area (Å²) in [5, 5.41) is 3.45. The van der Waals surface area contributed by atoms with Gasteiger partial charge in [0.15, 0.2) is 0 Å². The summed E-state index contributed by atoms with van der Waals surface area (Å²) < 4.78 is 0. The van der Waals surface area contributed by atoms with Gasteiger partial charge in [-0.25, -0.2) is 9.97 Å². The molecule has 0 amide bonds. The summed E-state index contributed by atoms with van der Waals surface area (Å²) in [5.74, 6) is 3.53. The van der Waals surface area contributed by atoms with Gasteiger partial charge in [0.1, 0.15) is 17.5 Å². The molecular formula is C15H26N4. The van der Waals surface area contributed by atoms with Crippen LogP contribution in [-0.2, 0) is 0 Å². The SMILES string of the molecule is Cc1c(N)nc(C2CC2)nc1NCC(C)C(C)(C)C. The fourth-order valence-corrected chi connectivity index (χ4v) is 1.80. The molecule has 0 radical (unpaired) electrons. The molecule has 4 heteroatoms. The Labute approximate surface area is 116 Å². The van der Waals surface area contributed by atoms with Crippen molar-refractivity contribution in [2.45, 2.75) is 53.4 Å². The van der Waals surface area contributed by atoms with Gasteiger partial charge in [-0.1, -0.05) is 27.7 Å². The molecule has 3 N–H and O–H groups in total. The zero-order valence-electron chi connectivity index (χ0n) is 12.7. The Morgan fingerprint density at radius 3 is 2.47 bits per heavy atom. The maximum atomic E-state index is 5.99. The van der Waals surface area contributed by atoms with E-state index in [2.05, 4.69) is 43.0 Å². The molecule has 1 heterocycles. The Kier molecular flexibility index (Phi) is 3.70. The third kappa shape index (κ3) is 3.37. The molecule has 1 aliphatic carbocycles. The third-order valence-electron chi connectivity index (χ3n) is 4.20. The van der Waals surface area contributed by atoms with Gasteiger partial charge in [0.2, 0.25) is 0 Å². The van der Waals surface area contributed by atoms with Crippen LogP contribution in [0, 0.1) is 18.3 Å². The van der Waals surface area contributed by atoms with E-state index in [1.54, 1.807) is 0 Å². The molecule has 1 unspecified atom stereocenters. The number of nitrogen functional groups attached to an aromatic ring is 1. The predicted octanol–water partition coefficient (Wildman–Crippen LogP) is 3.34. The molecule has 4 nitrogen and oxygen atoms in total. The Morgan fingerprint density at radius 1 is 1.32 bits per heavy atom. The van der Waals surface area contributed by atoms with Crippen molar-refractivity contribution in [3.63, 3.8) is 0 Å². The summed E-state index contributed by atoms with van der Waals surface area (Å²) in [5.41, 5.74) is 7.24. The molecule has 19 heavy (non-hydrogen) atoms. The van der Waals surface area contributed by atoms with Crippen LogP contribution in [0.2, 0.25) is 0 Å². The minimum atomic E-state index is 0.290. The molecule has 0 spiro atoms. The summed E-state index contributed by atoms with van der Waals surface area (Å²) in [6.07, 6.45) is 2.39. The highest BCUT2D eigenvalue weighted by molar-refractivity contribution is 5.55. The van der Waals surface area contributed by atoms with Crippen LogP contribution in [0.15, 0.2) is 0 Å². The van der Waals surface area contributed by atoms with Gasteiger partial charge in [0.05, 0.1) is 0 Å². The number of rotatable bonds is 4. The molecule has 0 bridgehead atoms. The van der Waals surface area contributed by atoms with Crippen molar-refractivity contribution in [3.05, 3.63) is 11.4 Å². The second-order valence-electron chi connectivity index (χ2n) is 6.86. The summed E-state index contributed by atoms with van der Waals surface area (Å²) in [7, 11) is 0. The van der Waals surface area contributed by atoms with Gasteiger partial charge in [-0.3, -0.25) is 0 Å². The molecule has 1 aliphatic rings. The monoisotopic (exact) mass is 262 g/mol. The smallest absolute Gasteiger partial charge is 0.136 e.